The summed E-state index contributed by atoms with van der Waals surface area (Å²) in [5, 5.41) is 11.5. The molecule has 0 spiro atoms. The maximum atomic E-state index is 13.1. The Morgan fingerprint density at radius 2 is 1.69 bits per heavy atom. The van der Waals surface area contributed by atoms with Gasteiger partial charge in [0.2, 0.25) is 5.91 Å². The molecule has 2 N–H and O–H groups in total. The number of nitrogens with one attached hydrogen (secondary N) is 1. The molecule has 0 aromatic heterocycles. The van der Waals surface area contributed by atoms with Crippen LogP contribution in [0, 0.1) is 23.7 Å². The lowest BCUT2D eigenvalue weighted by Gasteiger charge is -2.26. The molecule has 3 rings (SSSR count). The van der Waals surface area contributed by atoms with Crippen LogP contribution in [0.25, 0.3) is 0 Å². The topological polar surface area (TPSA) is 92.7 Å². The van der Waals surface area contributed by atoms with E-state index in [1.54, 1.807) is 12.2 Å². The number of aromatic carboxylic acids is 1. The number of carboxylic acid groups (broad SMARTS) is 1. The van der Waals surface area contributed by atoms with Crippen LogP contribution in [0.2, 0.25) is 0 Å². The van der Waals surface area contributed by atoms with Gasteiger partial charge in [-0.25, -0.2) is 13.6 Å². The summed E-state index contributed by atoms with van der Waals surface area (Å²) in [7, 11) is 0. The predicted molar refractivity (Wildman–Crippen MR) is 91.7 cm³/mol. The van der Waals surface area contributed by atoms with Gasteiger partial charge in [-0.2, -0.15) is 8.78 Å². The molecule has 0 aliphatic heterocycles. The molecule has 156 valence electrons. The summed E-state index contributed by atoms with van der Waals surface area (Å²) < 4.78 is 55.1. The van der Waals surface area contributed by atoms with E-state index in [1.807, 2.05) is 0 Å². The first kappa shape index (κ1) is 20.8. The molecule has 1 aromatic carbocycles. The Morgan fingerprint density at radius 1 is 1.10 bits per heavy atom. The number of ether oxygens (including phenoxy) is 1. The molecule has 0 radical (unpaired) electrons. The van der Waals surface area contributed by atoms with Crippen LogP contribution in [0.1, 0.15) is 16.8 Å². The third-order valence-corrected chi connectivity index (χ3v) is 5.16. The number of rotatable bonds is 7. The van der Waals surface area contributed by atoms with Crippen molar-refractivity contribution in [2.24, 2.45) is 23.7 Å². The van der Waals surface area contributed by atoms with Gasteiger partial charge in [0.1, 0.15) is 0 Å². The molecule has 4 atom stereocenters. The van der Waals surface area contributed by atoms with E-state index in [1.165, 1.54) is 24.3 Å². The van der Waals surface area contributed by atoms with E-state index in [2.05, 4.69) is 10.1 Å². The van der Waals surface area contributed by atoms with Gasteiger partial charge in [0, 0.05) is 5.69 Å². The number of hydrogen-bond donors (Lipinski definition) is 2. The van der Waals surface area contributed by atoms with Crippen LogP contribution in [0.5, 0.6) is 0 Å². The van der Waals surface area contributed by atoms with E-state index in [9.17, 15) is 31.9 Å². The minimum Gasteiger partial charge on any atom is -0.478 e. The van der Waals surface area contributed by atoms with E-state index < -0.39 is 54.6 Å². The van der Waals surface area contributed by atoms with Crippen molar-refractivity contribution in [1.29, 1.82) is 0 Å². The van der Waals surface area contributed by atoms with Crippen molar-refractivity contribution in [3.8, 4) is 0 Å². The maximum Gasteiger partial charge on any atom is 0.340 e. The number of anilines is 1. The van der Waals surface area contributed by atoms with Crippen molar-refractivity contribution in [2.45, 2.75) is 18.8 Å². The van der Waals surface area contributed by atoms with Gasteiger partial charge in [-0.15, -0.1) is 0 Å². The van der Waals surface area contributed by atoms with Gasteiger partial charge in [-0.1, -0.05) is 12.2 Å². The Labute approximate surface area is 162 Å². The minimum atomic E-state index is -4.47. The number of alkyl halides is 4. The van der Waals surface area contributed by atoms with Crippen LogP contribution in [0.15, 0.2) is 36.4 Å². The Morgan fingerprint density at radius 3 is 2.24 bits per heavy atom. The molecule has 1 saturated carbocycles. The minimum absolute atomic E-state index is 0.0206. The molecule has 0 saturated heterocycles. The summed E-state index contributed by atoms with van der Waals surface area (Å²) in [4.78, 5) is 35.9. The Balaban J connectivity index is 1.69. The average molecular weight is 415 g/mol. The number of fused-ring (bicyclic) bond motifs is 2. The number of benzene rings is 1. The second-order valence-electron chi connectivity index (χ2n) is 7.04. The Kier molecular flexibility index (Phi) is 5.63. The van der Waals surface area contributed by atoms with Gasteiger partial charge in [0.15, 0.2) is 6.61 Å². The van der Waals surface area contributed by atoms with Crippen molar-refractivity contribution in [3.05, 3.63) is 42.0 Å². The fourth-order valence-electron chi connectivity index (χ4n) is 3.75. The van der Waals surface area contributed by atoms with Crippen LogP contribution in [-0.2, 0) is 14.3 Å². The second-order valence-corrected chi connectivity index (χ2v) is 7.04. The van der Waals surface area contributed by atoms with Gasteiger partial charge in [0.25, 0.3) is 0 Å². The first-order chi connectivity index (χ1) is 13.6. The van der Waals surface area contributed by atoms with E-state index in [-0.39, 0.29) is 11.5 Å². The van der Waals surface area contributed by atoms with E-state index >= 15 is 0 Å². The van der Waals surface area contributed by atoms with Crippen LogP contribution in [0.3, 0.4) is 0 Å². The molecule has 29 heavy (non-hydrogen) atoms. The molecule has 10 heteroatoms. The first-order valence-corrected chi connectivity index (χ1v) is 8.75. The zero-order valence-electron chi connectivity index (χ0n) is 14.9. The highest BCUT2D eigenvalue weighted by molar-refractivity contribution is 5.97. The Hall–Kier alpha value is -2.91. The molecule has 6 nitrogen and oxygen atoms in total. The highest BCUT2D eigenvalue weighted by Gasteiger charge is 2.53. The fourth-order valence-corrected chi connectivity index (χ4v) is 3.75. The third-order valence-electron chi connectivity index (χ3n) is 5.16. The quantitative estimate of drug-likeness (QED) is 0.405. The number of esters is 1. The summed E-state index contributed by atoms with van der Waals surface area (Å²) in [6.07, 6.45) is -0.0861. The van der Waals surface area contributed by atoms with Crippen molar-refractivity contribution in [3.63, 3.8) is 0 Å². The number of hydrogen-bond acceptors (Lipinski definition) is 4. The zero-order valence-corrected chi connectivity index (χ0v) is 14.9. The lowest BCUT2D eigenvalue weighted by atomic mass is 9.82. The van der Waals surface area contributed by atoms with Gasteiger partial charge < -0.3 is 15.2 Å². The molecule has 2 aliphatic carbocycles. The molecule has 2 bridgehead atoms. The predicted octanol–water partition coefficient (Wildman–Crippen LogP) is 3.21. The number of halogens is 4. The maximum absolute atomic E-state index is 13.1. The monoisotopic (exact) mass is 415 g/mol. The van der Waals surface area contributed by atoms with E-state index in [4.69, 9.17) is 5.11 Å². The normalized spacial score (nSPS) is 25.3. The molecule has 1 aromatic rings. The summed E-state index contributed by atoms with van der Waals surface area (Å²) in [5.41, 5.74) is 0.315. The highest BCUT2D eigenvalue weighted by atomic mass is 19.3. The molecule has 1 amide bonds. The van der Waals surface area contributed by atoms with Crippen LogP contribution in [-0.4, -0.2) is 41.9 Å². The van der Waals surface area contributed by atoms with Crippen LogP contribution in [0.4, 0.5) is 23.2 Å². The average Bonchev–Trinajstić information content (AvgIpc) is 3.28. The van der Waals surface area contributed by atoms with E-state index in [0.29, 0.717) is 12.1 Å². The second kappa shape index (κ2) is 7.84. The number of carboxylic acids is 1. The molecule has 0 heterocycles. The highest BCUT2D eigenvalue weighted by Crippen LogP contribution is 2.49. The summed E-state index contributed by atoms with van der Waals surface area (Å²) in [6, 6.07) is 5.33. The lowest BCUT2D eigenvalue weighted by Crippen LogP contribution is -2.40. The molecule has 0 unspecified atom stereocenters. The van der Waals surface area contributed by atoms with Crippen LogP contribution >= 0.6 is 0 Å². The molecular formula is C19H17F4NO5. The van der Waals surface area contributed by atoms with Crippen LogP contribution < -0.4 is 5.32 Å². The summed E-state index contributed by atoms with van der Waals surface area (Å²) in [5.74, 6) is -9.97. The number of carbonyl (C=O) groups is 3. The van der Waals surface area contributed by atoms with Gasteiger partial charge in [-0.3, -0.25) is 9.59 Å². The van der Waals surface area contributed by atoms with Gasteiger partial charge >= 0.3 is 24.3 Å². The fraction of sp³-hybridized carbons (Fsp3) is 0.421. The number of allylic oxidation sites excluding steroid dienone is 2. The first-order valence-electron chi connectivity index (χ1n) is 8.75. The number of carbonyl (C=O) groups excluding carboxylic acids is 2. The SMILES string of the molecule is O=C(O)c1ccc(NC(=O)[C@H]2[C@@H](C(=O)OCC(F)(F)C(F)F)[C@@H]3C=C[C@H]2C3)cc1. The van der Waals surface area contributed by atoms with Gasteiger partial charge in [0.05, 0.1) is 17.4 Å². The largest absolute Gasteiger partial charge is 0.478 e. The molecular weight excluding hydrogens is 398 g/mol. The lowest BCUT2D eigenvalue weighted by molar-refractivity contribution is -0.184. The smallest absolute Gasteiger partial charge is 0.340 e. The van der Waals surface area contributed by atoms with Crippen molar-refractivity contribution in [1.82, 2.24) is 0 Å². The summed E-state index contributed by atoms with van der Waals surface area (Å²) >= 11 is 0. The Bertz CT molecular complexity index is 840. The number of amides is 1. The standard InChI is InChI=1S/C19H17F4NO5/c20-18(21)19(22,23)8-29-17(28)14-11-2-1-10(7-11)13(14)15(25)24-12-5-3-9(4-6-12)16(26)27/h1-6,10-11,13-14,18H,7-8H2,(H,24,25)(H,26,27)/t10-,11+,13+,14-/m0/s1. The van der Waals surface area contributed by atoms with E-state index in [0.717, 1.165) is 0 Å². The van der Waals surface area contributed by atoms with Crippen molar-refractivity contribution < 1.29 is 41.8 Å². The molecule has 1 fully saturated rings. The van der Waals surface area contributed by atoms with Gasteiger partial charge in [-0.05, 0) is 42.5 Å². The third kappa shape index (κ3) is 4.25. The van der Waals surface area contributed by atoms with Crippen molar-refractivity contribution in [2.75, 3.05) is 11.9 Å². The zero-order chi connectivity index (χ0) is 21.3. The molecule has 2 aliphatic rings. The summed E-state index contributed by atoms with van der Waals surface area (Å²) in [6.45, 7) is -1.76. The van der Waals surface area contributed by atoms with Crippen molar-refractivity contribution >= 4 is 23.5 Å².